The van der Waals surface area contributed by atoms with E-state index in [-0.39, 0.29) is 0 Å². The highest BCUT2D eigenvalue weighted by Crippen LogP contribution is 2.11. The standard InChI is InChI=1S/C17H29NO/c1-15(2)13-18-14-16(3)9-7-8-12-19-17-10-5-4-6-11-17/h4-6,10-11,15-16,18H,7-9,12-14H2,1-3H3. The van der Waals surface area contributed by atoms with Crippen LogP contribution in [0.3, 0.4) is 0 Å². The lowest BCUT2D eigenvalue weighted by molar-refractivity contribution is 0.299. The predicted octanol–water partition coefficient (Wildman–Crippen LogP) is 4.12. The third-order valence-corrected chi connectivity index (χ3v) is 3.15. The van der Waals surface area contributed by atoms with E-state index in [4.69, 9.17) is 4.74 Å². The van der Waals surface area contributed by atoms with Gasteiger partial charge in [0.1, 0.15) is 5.75 Å². The van der Waals surface area contributed by atoms with Gasteiger partial charge in [0.2, 0.25) is 0 Å². The summed E-state index contributed by atoms with van der Waals surface area (Å²) >= 11 is 0. The fraction of sp³-hybridized carbons (Fsp3) is 0.647. The molecule has 0 fully saturated rings. The van der Waals surface area contributed by atoms with E-state index in [1.807, 2.05) is 30.3 Å². The number of nitrogens with one attached hydrogen (secondary N) is 1. The summed E-state index contributed by atoms with van der Waals surface area (Å²) in [4.78, 5) is 0. The van der Waals surface area contributed by atoms with Crippen molar-refractivity contribution in [3.63, 3.8) is 0 Å². The molecule has 1 atom stereocenters. The van der Waals surface area contributed by atoms with Crippen molar-refractivity contribution in [2.24, 2.45) is 11.8 Å². The van der Waals surface area contributed by atoms with Crippen LogP contribution in [-0.2, 0) is 0 Å². The summed E-state index contributed by atoms with van der Waals surface area (Å²) in [5.41, 5.74) is 0. The molecule has 108 valence electrons. The number of hydrogen-bond acceptors (Lipinski definition) is 2. The largest absolute Gasteiger partial charge is 0.494 e. The van der Waals surface area contributed by atoms with Crippen LogP contribution in [0.25, 0.3) is 0 Å². The van der Waals surface area contributed by atoms with Gasteiger partial charge in [0, 0.05) is 0 Å². The van der Waals surface area contributed by atoms with Gasteiger partial charge in [-0.15, -0.1) is 0 Å². The van der Waals surface area contributed by atoms with E-state index in [0.29, 0.717) is 0 Å². The fourth-order valence-corrected chi connectivity index (χ4v) is 2.02. The topological polar surface area (TPSA) is 21.3 Å². The highest BCUT2D eigenvalue weighted by atomic mass is 16.5. The highest BCUT2D eigenvalue weighted by Gasteiger charge is 2.02. The summed E-state index contributed by atoms with van der Waals surface area (Å²) in [7, 11) is 0. The van der Waals surface area contributed by atoms with E-state index >= 15 is 0 Å². The van der Waals surface area contributed by atoms with Crippen molar-refractivity contribution < 1.29 is 4.74 Å². The molecule has 19 heavy (non-hydrogen) atoms. The van der Waals surface area contributed by atoms with Gasteiger partial charge in [-0.1, -0.05) is 39.0 Å². The van der Waals surface area contributed by atoms with Gasteiger partial charge in [-0.25, -0.2) is 0 Å². The molecule has 1 aromatic carbocycles. The molecule has 0 spiro atoms. The van der Waals surface area contributed by atoms with Crippen LogP contribution in [-0.4, -0.2) is 19.7 Å². The quantitative estimate of drug-likeness (QED) is 0.641. The molecule has 0 bridgehead atoms. The average Bonchev–Trinajstić information content (AvgIpc) is 2.39. The summed E-state index contributed by atoms with van der Waals surface area (Å²) in [6, 6.07) is 10.1. The van der Waals surface area contributed by atoms with Crippen molar-refractivity contribution in [2.45, 2.75) is 40.0 Å². The molecular formula is C17H29NO. The minimum atomic E-state index is 0.742. The molecule has 2 heteroatoms. The summed E-state index contributed by atoms with van der Waals surface area (Å²) in [5, 5.41) is 3.52. The van der Waals surface area contributed by atoms with Crippen LogP contribution in [0.2, 0.25) is 0 Å². The number of hydrogen-bond donors (Lipinski definition) is 1. The van der Waals surface area contributed by atoms with Crippen molar-refractivity contribution in [3.05, 3.63) is 30.3 Å². The van der Waals surface area contributed by atoms with Gasteiger partial charge in [-0.2, -0.15) is 0 Å². The first-order chi connectivity index (χ1) is 9.18. The molecular weight excluding hydrogens is 234 g/mol. The van der Waals surface area contributed by atoms with Crippen molar-refractivity contribution >= 4 is 0 Å². The second kappa shape index (κ2) is 9.85. The van der Waals surface area contributed by atoms with Crippen LogP contribution in [0.15, 0.2) is 30.3 Å². The number of benzene rings is 1. The molecule has 0 aliphatic heterocycles. The Morgan fingerprint density at radius 2 is 1.74 bits per heavy atom. The Morgan fingerprint density at radius 1 is 1.00 bits per heavy atom. The highest BCUT2D eigenvalue weighted by molar-refractivity contribution is 5.20. The van der Waals surface area contributed by atoms with Crippen LogP contribution >= 0.6 is 0 Å². The second-order valence-corrected chi connectivity index (χ2v) is 5.81. The first-order valence-corrected chi connectivity index (χ1v) is 7.57. The van der Waals surface area contributed by atoms with Crippen molar-refractivity contribution in [3.8, 4) is 5.75 Å². The molecule has 0 aliphatic carbocycles. The van der Waals surface area contributed by atoms with Crippen LogP contribution in [0, 0.1) is 11.8 Å². The van der Waals surface area contributed by atoms with E-state index in [1.54, 1.807) is 0 Å². The zero-order valence-corrected chi connectivity index (χ0v) is 12.7. The normalized spacial score (nSPS) is 12.6. The lowest BCUT2D eigenvalue weighted by atomic mass is 10.0. The molecule has 0 radical (unpaired) electrons. The first-order valence-electron chi connectivity index (χ1n) is 7.57. The van der Waals surface area contributed by atoms with Gasteiger partial charge in [0.15, 0.2) is 0 Å². The third kappa shape index (κ3) is 8.66. The number of rotatable bonds is 10. The fourth-order valence-electron chi connectivity index (χ4n) is 2.02. The van der Waals surface area contributed by atoms with Gasteiger partial charge in [-0.3, -0.25) is 0 Å². The molecule has 0 heterocycles. The third-order valence-electron chi connectivity index (χ3n) is 3.15. The van der Waals surface area contributed by atoms with Crippen LogP contribution in [0.4, 0.5) is 0 Å². The average molecular weight is 263 g/mol. The zero-order chi connectivity index (χ0) is 13.9. The van der Waals surface area contributed by atoms with Crippen molar-refractivity contribution in [1.29, 1.82) is 0 Å². The number of ether oxygens (including phenoxy) is 1. The van der Waals surface area contributed by atoms with E-state index in [2.05, 4.69) is 26.1 Å². The second-order valence-electron chi connectivity index (χ2n) is 5.81. The predicted molar refractivity (Wildman–Crippen MR) is 82.7 cm³/mol. The summed E-state index contributed by atoms with van der Waals surface area (Å²) in [6.07, 6.45) is 3.67. The minimum Gasteiger partial charge on any atom is -0.494 e. The molecule has 1 N–H and O–H groups in total. The Kier molecular flexibility index (Phi) is 8.31. The Balaban J connectivity index is 1.95. The SMILES string of the molecule is CC(C)CNCC(C)CCCCOc1ccccc1. The minimum absolute atomic E-state index is 0.742. The molecule has 0 saturated carbocycles. The van der Waals surface area contributed by atoms with Crippen molar-refractivity contribution in [1.82, 2.24) is 5.32 Å². The van der Waals surface area contributed by atoms with E-state index in [1.165, 1.54) is 12.8 Å². The smallest absolute Gasteiger partial charge is 0.119 e. The van der Waals surface area contributed by atoms with Gasteiger partial charge < -0.3 is 10.1 Å². The Bertz CT molecular complexity index is 310. The van der Waals surface area contributed by atoms with Gasteiger partial charge in [0.25, 0.3) is 0 Å². The Hall–Kier alpha value is -1.02. The maximum Gasteiger partial charge on any atom is 0.119 e. The molecule has 0 saturated heterocycles. The van der Waals surface area contributed by atoms with Crippen molar-refractivity contribution in [2.75, 3.05) is 19.7 Å². The number of para-hydroxylation sites is 1. The Morgan fingerprint density at radius 3 is 2.42 bits per heavy atom. The monoisotopic (exact) mass is 263 g/mol. The van der Waals surface area contributed by atoms with E-state index < -0.39 is 0 Å². The lowest BCUT2D eigenvalue weighted by Crippen LogP contribution is -2.25. The molecule has 0 aromatic heterocycles. The lowest BCUT2D eigenvalue weighted by Gasteiger charge is -2.14. The summed E-state index contributed by atoms with van der Waals surface area (Å²) in [6.45, 7) is 9.91. The summed E-state index contributed by atoms with van der Waals surface area (Å²) < 4.78 is 5.68. The molecule has 1 rings (SSSR count). The van der Waals surface area contributed by atoms with E-state index in [9.17, 15) is 0 Å². The molecule has 1 unspecified atom stereocenters. The first kappa shape index (κ1) is 16.0. The van der Waals surface area contributed by atoms with Crippen LogP contribution < -0.4 is 10.1 Å². The van der Waals surface area contributed by atoms with Crippen LogP contribution in [0.5, 0.6) is 5.75 Å². The zero-order valence-electron chi connectivity index (χ0n) is 12.7. The molecule has 0 aliphatic rings. The molecule has 1 aromatic rings. The number of unbranched alkanes of at least 4 members (excludes halogenated alkanes) is 1. The molecule has 2 nitrogen and oxygen atoms in total. The molecule has 0 amide bonds. The summed E-state index contributed by atoms with van der Waals surface area (Å²) in [5.74, 6) is 2.48. The van der Waals surface area contributed by atoms with Gasteiger partial charge in [0.05, 0.1) is 6.61 Å². The van der Waals surface area contributed by atoms with Gasteiger partial charge in [-0.05, 0) is 56.3 Å². The van der Waals surface area contributed by atoms with E-state index in [0.717, 1.165) is 43.7 Å². The van der Waals surface area contributed by atoms with Gasteiger partial charge >= 0.3 is 0 Å². The maximum atomic E-state index is 5.68. The van der Waals surface area contributed by atoms with Crippen LogP contribution in [0.1, 0.15) is 40.0 Å². The maximum absolute atomic E-state index is 5.68. The Labute approximate surface area is 118 Å².